The lowest BCUT2D eigenvalue weighted by Gasteiger charge is -2.42. The fraction of sp³-hybridized carbons (Fsp3) is 0.242. The zero-order valence-corrected chi connectivity index (χ0v) is 25.2. The molecule has 3 heterocycles. The monoisotopic (exact) mass is 660 g/mol. The average Bonchev–Trinajstić information content (AvgIpc) is 3.36. The summed E-state index contributed by atoms with van der Waals surface area (Å²) in [5.74, 6) is -1.16. The summed E-state index contributed by atoms with van der Waals surface area (Å²) >= 11 is 3.52. The second-order valence-corrected chi connectivity index (χ2v) is 11.5. The Balaban J connectivity index is 1.33. The minimum absolute atomic E-state index is 0.0385. The summed E-state index contributed by atoms with van der Waals surface area (Å²) < 4.78 is 49.7. The van der Waals surface area contributed by atoms with E-state index >= 15 is 4.39 Å². The Morgan fingerprint density at radius 1 is 1.07 bits per heavy atom. The smallest absolute Gasteiger partial charge is 0.214 e. The summed E-state index contributed by atoms with van der Waals surface area (Å²) in [7, 11) is 1.61. The fourth-order valence-corrected chi connectivity index (χ4v) is 5.71. The van der Waals surface area contributed by atoms with E-state index in [9.17, 15) is 9.50 Å². The van der Waals surface area contributed by atoms with Crippen LogP contribution in [-0.4, -0.2) is 52.2 Å². The lowest BCUT2D eigenvalue weighted by molar-refractivity contribution is -0.187. The van der Waals surface area contributed by atoms with Crippen molar-refractivity contribution < 1.29 is 28.1 Å². The van der Waals surface area contributed by atoms with Crippen LogP contribution in [0.25, 0.3) is 22.3 Å². The van der Waals surface area contributed by atoms with E-state index in [1.165, 1.54) is 18.2 Å². The van der Waals surface area contributed by atoms with Gasteiger partial charge >= 0.3 is 0 Å². The summed E-state index contributed by atoms with van der Waals surface area (Å²) in [6.07, 6.45) is 0. The number of nitrogens with zero attached hydrogens (tertiary/aromatic N) is 4. The van der Waals surface area contributed by atoms with Crippen LogP contribution in [0, 0.1) is 23.0 Å². The molecule has 1 atom stereocenters. The summed E-state index contributed by atoms with van der Waals surface area (Å²) in [5, 5.41) is 20.5. The highest BCUT2D eigenvalue weighted by Gasteiger charge is 2.48. The number of ether oxygens (including phenoxy) is 3. The van der Waals surface area contributed by atoms with Crippen molar-refractivity contribution in [3.05, 3.63) is 111 Å². The number of pyridine rings is 1. The highest BCUT2D eigenvalue weighted by Crippen LogP contribution is 2.42. The molecular formula is C33H27BrF2N4O4. The number of imidazole rings is 1. The molecule has 1 saturated heterocycles. The van der Waals surface area contributed by atoms with Crippen molar-refractivity contribution in [1.82, 2.24) is 14.5 Å². The van der Waals surface area contributed by atoms with Crippen LogP contribution in [-0.2, 0) is 22.6 Å². The molecule has 0 bridgehead atoms. The third-order valence-corrected chi connectivity index (χ3v) is 8.14. The lowest BCUT2D eigenvalue weighted by Crippen LogP contribution is -2.55. The van der Waals surface area contributed by atoms with Gasteiger partial charge in [0, 0.05) is 40.9 Å². The minimum atomic E-state index is -1.36. The van der Waals surface area contributed by atoms with E-state index in [-0.39, 0.29) is 42.4 Å². The number of rotatable bonds is 10. The Labute approximate surface area is 260 Å². The van der Waals surface area contributed by atoms with Gasteiger partial charge in [-0.3, -0.25) is 0 Å². The number of aliphatic hydroxyl groups is 1. The first kappa shape index (κ1) is 29.8. The van der Waals surface area contributed by atoms with Crippen LogP contribution in [0.2, 0.25) is 0 Å². The molecule has 8 nitrogen and oxygen atoms in total. The third kappa shape index (κ3) is 5.81. The van der Waals surface area contributed by atoms with Gasteiger partial charge in [0.15, 0.2) is 0 Å². The number of hydrogen-bond donors (Lipinski definition) is 1. The van der Waals surface area contributed by atoms with E-state index in [1.807, 2.05) is 28.8 Å². The van der Waals surface area contributed by atoms with Crippen LogP contribution in [0.4, 0.5) is 8.78 Å². The molecule has 0 amide bonds. The highest BCUT2D eigenvalue weighted by atomic mass is 79.9. The molecule has 1 aliphatic rings. The lowest BCUT2D eigenvalue weighted by atomic mass is 9.79. The number of aromatic nitrogens is 3. The van der Waals surface area contributed by atoms with Crippen molar-refractivity contribution in [2.45, 2.75) is 24.7 Å². The fourth-order valence-electron chi connectivity index (χ4n) is 5.36. The molecule has 0 unspecified atom stereocenters. The van der Waals surface area contributed by atoms with E-state index in [2.05, 4.69) is 20.9 Å². The molecule has 6 rings (SSSR count). The van der Waals surface area contributed by atoms with Gasteiger partial charge in [0.25, 0.3) is 0 Å². The van der Waals surface area contributed by atoms with Crippen molar-refractivity contribution in [3.63, 3.8) is 0 Å². The van der Waals surface area contributed by atoms with Crippen molar-refractivity contribution in [1.29, 1.82) is 5.26 Å². The molecule has 1 N–H and O–H groups in total. The van der Waals surface area contributed by atoms with Crippen LogP contribution in [0.3, 0.4) is 0 Å². The number of methoxy groups -OCH3 is 1. The first-order valence-corrected chi connectivity index (χ1v) is 14.6. The van der Waals surface area contributed by atoms with E-state index in [0.29, 0.717) is 35.8 Å². The molecule has 0 spiro atoms. The second kappa shape index (κ2) is 12.4. The SMILES string of the molecule is COCCn1c([C@@H](c2ccc(-c3cccc(OCc4ccc(C#N)cc4F)n3)cc2F)C2(O)COC2)nc2ccc(Br)cc21. The van der Waals surface area contributed by atoms with Crippen LogP contribution in [0.1, 0.15) is 28.4 Å². The predicted octanol–water partition coefficient (Wildman–Crippen LogP) is 6.13. The maximum absolute atomic E-state index is 16.1. The molecule has 3 aromatic carbocycles. The highest BCUT2D eigenvalue weighted by molar-refractivity contribution is 9.10. The number of halogens is 3. The van der Waals surface area contributed by atoms with Crippen molar-refractivity contribution in [2.24, 2.45) is 0 Å². The molecule has 5 aromatic rings. The van der Waals surface area contributed by atoms with Gasteiger partial charge in [0.05, 0.1) is 54.1 Å². The topological polar surface area (TPSA) is 102 Å². The number of fused-ring (bicyclic) bond motifs is 1. The van der Waals surface area contributed by atoms with Crippen LogP contribution >= 0.6 is 15.9 Å². The van der Waals surface area contributed by atoms with Crippen LogP contribution in [0.15, 0.2) is 77.3 Å². The second-order valence-electron chi connectivity index (χ2n) is 10.6. The van der Waals surface area contributed by atoms with Crippen molar-refractivity contribution in [2.75, 3.05) is 26.9 Å². The molecule has 0 radical (unpaired) electrons. The summed E-state index contributed by atoms with van der Waals surface area (Å²) in [5.41, 5.74) is 1.90. The van der Waals surface area contributed by atoms with Gasteiger partial charge in [-0.1, -0.05) is 40.2 Å². The molecule has 1 fully saturated rings. The normalized spacial score (nSPS) is 14.6. The van der Waals surface area contributed by atoms with Crippen molar-refractivity contribution >= 4 is 27.0 Å². The summed E-state index contributed by atoms with van der Waals surface area (Å²) in [6, 6.07) is 21.6. The molecular weight excluding hydrogens is 634 g/mol. The van der Waals surface area contributed by atoms with Crippen LogP contribution in [0.5, 0.6) is 5.88 Å². The predicted molar refractivity (Wildman–Crippen MR) is 162 cm³/mol. The molecule has 0 saturated carbocycles. The number of nitriles is 1. The first-order chi connectivity index (χ1) is 21.3. The van der Waals surface area contributed by atoms with Crippen molar-refractivity contribution in [3.8, 4) is 23.2 Å². The van der Waals surface area contributed by atoms with Crippen LogP contribution < -0.4 is 4.74 Å². The number of hydrogen-bond acceptors (Lipinski definition) is 7. The Bertz CT molecular complexity index is 1890. The van der Waals surface area contributed by atoms with E-state index in [4.69, 9.17) is 24.5 Å². The Kier molecular flexibility index (Phi) is 8.42. The summed E-state index contributed by atoms with van der Waals surface area (Å²) in [6.45, 7) is 0.836. The molecule has 11 heteroatoms. The standard InChI is InChI=1S/C33H27BrF2N4O4/c1-42-12-11-40-29-15-23(34)8-10-28(29)39-32(40)31(33(41)18-43-19-33)24-9-7-21(14-26(24)36)27-3-2-4-30(38-27)44-17-22-6-5-20(16-37)13-25(22)35/h2-10,13-15,31,41H,11-12,17-19H2,1H3/t31-/m1/s1. The molecule has 224 valence electrons. The quantitative estimate of drug-likeness (QED) is 0.192. The molecule has 2 aromatic heterocycles. The largest absolute Gasteiger partial charge is 0.473 e. The van der Waals surface area contributed by atoms with Gasteiger partial charge in [0.2, 0.25) is 5.88 Å². The Morgan fingerprint density at radius 3 is 2.61 bits per heavy atom. The zero-order chi connectivity index (χ0) is 30.8. The van der Waals surface area contributed by atoms with Gasteiger partial charge in [-0.15, -0.1) is 0 Å². The van der Waals surface area contributed by atoms with E-state index in [1.54, 1.807) is 37.4 Å². The van der Waals surface area contributed by atoms with Gasteiger partial charge in [-0.25, -0.2) is 18.7 Å². The van der Waals surface area contributed by atoms with Gasteiger partial charge in [-0.05, 0) is 42.5 Å². The third-order valence-electron chi connectivity index (χ3n) is 7.65. The molecule has 0 aliphatic carbocycles. The average molecular weight is 662 g/mol. The minimum Gasteiger partial charge on any atom is -0.473 e. The van der Waals surface area contributed by atoms with Gasteiger partial charge in [-0.2, -0.15) is 5.26 Å². The Hall–Kier alpha value is -4.21. The Morgan fingerprint density at radius 2 is 1.91 bits per heavy atom. The van der Waals surface area contributed by atoms with E-state index in [0.717, 1.165) is 16.1 Å². The summed E-state index contributed by atoms with van der Waals surface area (Å²) in [4.78, 5) is 9.35. The maximum atomic E-state index is 16.1. The van der Waals surface area contributed by atoms with E-state index < -0.39 is 23.2 Å². The molecule has 1 aliphatic heterocycles. The van der Waals surface area contributed by atoms with Gasteiger partial charge in [0.1, 0.15) is 29.7 Å². The first-order valence-electron chi connectivity index (χ1n) is 13.8. The molecule has 44 heavy (non-hydrogen) atoms. The zero-order valence-electron chi connectivity index (χ0n) is 23.6. The van der Waals surface area contributed by atoms with Gasteiger partial charge < -0.3 is 23.9 Å². The maximum Gasteiger partial charge on any atom is 0.214 e. The number of benzene rings is 3.